The predicted octanol–water partition coefficient (Wildman–Crippen LogP) is 2.18. The van der Waals surface area contributed by atoms with Crippen molar-refractivity contribution in [1.82, 2.24) is 0 Å². The van der Waals surface area contributed by atoms with E-state index in [4.69, 9.17) is 6.17 Å². The molecule has 0 aliphatic heterocycles. The lowest BCUT2D eigenvalue weighted by atomic mass is 10.4. The van der Waals surface area contributed by atoms with Crippen LogP contribution in [0, 0.1) is 0 Å². The number of hydrogen-bond acceptors (Lipinski definition) is 7. The van der Waals surface area contributed by atoms with Gasteiger partial charge in [-0.3, -0.25) is 0 Å². The summed E-state index contributed by atoms with van der Waals surface area (Å²) >= 11 is 0. The van der Waals surface area contributed by atoms with E-state index in [0.717, 1.165) is 0 Å². The number of hydrogen-bond donors (Lipinski definition) is 1. The van der Waals surface area contributed by atoms with Crippen LogP contribution in [0.4, 0.5) is 4.79 Å². The highest BCUT2D eigenvalue weighted by atomic mass is 33.1. The second-order valence-corrected chi connectivity index (χ2v) is 5.36. The quantitative estimate of drug-likeness (QED) is 0.313. The second kappa shape index (κ2) is 9.41. The lowest BCUT2D eigenvalue weighted by Gasteiger charge is -2.03. The number of carboxylic acid groups (broad SMARTS) is 1. The molecule has 0 saturated carbocycles. The van der Waals surface area contributed by atoms with Crippen LogP contribution in [0.25, 0.3) is 1.43 Å². The fourth-order valence-corrected chi connectivity index (χ4v) is 2.22. The summed E-state index contributed by atoms with van der Waals surface area (Å²) < 4.78 is 15.6. The zero-order chi connectivity index (χ0) is 13.1. The third-order valence-corrected chi connectivity index (χ3v) is 3.55. The lowest BCUT2D eigenvalue weighted by Crippen LogP contribution is -2.07. The molecular weight excluding hydrogens is 252 g/mol. The monoisotopic (exact) mass is 267 g/mol. The molecule has 0 amide bonds. The topological polar surface area (TPSA) is 72.8 Å². The molecule has 5 nitrogen and oxygen atoms in total. The van der Waals surface area contributed by atoms with E-state index in [1.807, 2.05) is 0 Å². The number of carbonyl (C=O) groups excluding carboxylic acids is 1. The van der Waals surface area contributed by atoms with Gasteiger partial charge in [0, 0.05) is 17.1 Å². The minimum absolute atomic E-state index is 0.181. The Labute approximate surface area is 103 Å². The maximum atomic E-state index is 11.0. The first-order valence-corrected chi connectivity index (χ1v) is 6.93. The maximum absolute atomic E-state index is 11.0. The third-order valence-electron chi connectivity index (χ3n) is 1.22. The molecule has 0 rings (SSSR count). The summed E-state index contributed by atoms with van der Waals surface area (Å²) in [5, 5.41) is 3.55. The standard InChI is InChI=1S/C9H14O5S2/c1-7(2)8(10)13-3-5-15-16-6-4-14-9(11)12/h1,3-6H2,2H3,(H,11,12)/i/hD. The summed E-state index contributed by atoms with van der Waals surface area (Å²) in [7, 11) is 2.97. The van der Waals surface area contributed by atoms with Crippen LogP contribution in [0.2, 0.25) is 0 Å². The van der Waals surface area contributed by atoms with E-state index in [9.17, 15) is 9.59 Å². The molecule has 0 aliphatic carbocycles. The Balaban J connectivity index is 3.22. The van der Waals surface area contributed by atoms with Crippen molar-refractivity contribution in [3.63, 3.8) is 0 Å². The summed E-state index contributed by atoms with van der Waals surface area (Å²) in [4.78, 5) is 21.3. The first kappa shape index (κ1) is 13.2. The smallest absolute Gasteiger partial charge is 0.461 e. The van der Waals surface area contributed by atoms with Crippen LogP contribution in [-0.2, 0) is 14.3 Å². The van der Waals surface area contributed by atoms with Crippen LogP contribution in [0.15, 0.2) is 12.2 Å². The van der Waals surface area contributed by atoms with Crippen LogP contribution in [0.5, 0.6) is 0 Å². The molecule has 92 valence electrons. The molecule has 1 N–H and O–H groups in total. The van der Waals surface area contributed by atoms with Crippen LogP contribution >= 0.6 is 21.6 Å². The zero-order valence-corrected chi connectivity index (χ0v) is 10.5. The zero-order valence-electron chi connectivity index (χ0n) is 9.89. The summed E-state index contributed by atoms with van der Waals surface area (Å²) in [6.45, 7) is 5.55. The lowest BCUT2D eigenvalue weighted by molar-refractivity contribution is -0.138. The van der Waals surface area contributed by atoms with Gasteiger partial charge in [0.15, 0.2) is 0 Å². The molecule has 0 unspecified atom stereocenters. The summed E-state index contributed by atoms with van der Waals surface area (Å²) in [6.07, 6.45) is -1.01. The van der Waals surface area contributed by atoms with Gasteiger partial charge in [-0.15, -0.1) is 0 Å². The highest BCUT2D eigenvalue weighted by Gasteiger charge is 2.02. The van der Waals surface area contributed by atoms with Gasteiger partial charge in [-0.05, 0) is 6.92 Å². The molecule has 0 aromatic heterocycles. The van der Waals surface area contributed by atoms with Gasteiger partial charge in [-0.1, -0.05) is 28.2 Å². The molecule has 0 aromatic carbocycles. The van der Waals surface area contributed by atoms with E-state index in [1.54, 1.807) is 6.92 Å². The number of esters is 1. The van der Waals surface area contributed by atoms with Gasteiger partial charge in [0.25, 0.3) is 0 Å². The Morgan fingerprint density at radius 3 is 2.38 bits per heavy atom. The van der Waals surface area contributed by atoms with Crippen molar-refractivity contribution in [2.24, 2.45) is 0 Å². The van der Waals surface area contributed by atoms with E-state index >= 15 is 0 Å². The van der Waals surface area contributed by atoms with Gasteiger partial charge < -0.3 is 14.6 Å². The van der Waals surface area contributed by atoms with Crippen molar-refractivity contribution >= 4 is 33.7 Å². The molecule has 0 saturated heterocycles. The van der Waals surface area contributed by atoms with Crippen molar-refractivity contribution in [1.29, 1.82) is 1.43 Å². The molecule has 0 bridgehead atoms. The van der Waals surface area contributed by atoms with Crippen LogP contribution in [0.1, 0.15) is 6.92 Å². The van der Waals surface area contributed by atoms with Gasteiger partial charge in [-0.25, -0.2) is 9.59 Å². The summed E-state index contributed by atoms with van der Waals surface area (Å²) in [6, 6.07) is 0. The molecule has 0 heterocycles. The molecule has 0 aromatic rings. The normalized spacial score (nSPS) is 10.2. The van der Waals surface area contributed by atoms with Crippen LogP contribution < -0.4 is 0 Å². The van der Waals surface area contributed by atoms with Gasteiger partial charge in [-0.2, -0.15) is 0 Å². The van der Waals surface area contributed by atoms with Crippen molar-refractivity contribution in [3.05, 3.63) is 12.2 Å². The van der Waals surface area contributed by atoms with Gasteiger partial charge in [0.1, 0.15) is 13.2 Å². The van der Waals surface area contributed by atoms with Crippen molar-refractivity contribution in [2.45, 2.75) is 6.92 Å². The van der Waals surface area contributed by atoms with Gasteiger partial charge in [0.2, 0.25) is 0 Å². The molecule has 0 radical (unpaired) electrons. The molecule has 7 heteroatoms. The minimum atomic E-state index is -1.01. The van der Waals surface area contributed by atoms with E-state index in [0.29, 0.717) is 23.7 Å². The molecule has 0 aliphatic rings. The summed E-state index contributed by atoms with van der Waals surface area (Å²) in [5.74, 6) is 0.831. The number of carbonyl (C=O) groups is 2. The first-order valence-electron chi connectivity index (χ1n) is 4.85. The van der Waals surface area contributed by atoms with E-state index in [1.165, 1.54) is 21.6 Å². The van der Waals surface area contributed by atoms with Crippen molar-refractivity contribution in [3.8, 4) is 0 Å². The largest absolute Gasteiger partial charge is 0.505 e. The average molecular weight is 267 g/mol. The van der Waals surface area contributed by atoms with E-state index in [2.05, 4.69) is 16.4 Å². The Bertz CT molecular complexity index is 272. The molecule has 0 spiro atoms. The van der Waals surface area contributed by atoms with Crippen molar-refractivity contribution < 1.29 is 24.2 Å². The minimum Gasteiger partial charge on any atom is -0.461 e. The molecule has 16 heavy (non-hydrogen) atoms. The molecule has 0 atom stereocenters. The van der Waals surface area contributed by atoms with Crippen LogP contribution in [0.3, 0.4) is 0 Å². The van der Waals surface area contributed by atoms with Gasteiger partial charge >= 0.3 is 13.6 Å². The maximum Gasteiger partial charge on any atom is 0.505 e. The average Bonchev–Trinajstić information content (AvgIpc) is 2.31. The number of ether oxygens (including phenoxy) is 2. The fraction of sp³-hybridized carbons (Fsp3) is 0.556. The number of rotatable bonds is 8. The predicted molar refractivity (Wildman–Crippen MR) is 64.7 cm³/mol. The summed E-state index contributed by atoms with van der Waals surface area (Å²) in [5.41, 5.74) is 0.380. The van der Waals surface area contributed by atoms with Gasteiger partial charge in [0.05, 0.1) is 0 Å². The Hall–Kier alpha value is -0.820. The SMILES string of the molecule is [2H]OC(=O)OCCSSCCOC(=O)C(=C)C. The van der Waals surface area contributed by atoms with Crippen LogP contribution in [-0.4, -0.2) is 42.0 Å². The Kier molecular flexibility index (Phi) is 7.79. The van der Waals surface area contributed by atoms with E-state index < -0.39 is 12.1 Å². The van der Waals surface area contributed by atoms with Crippen molar-refractivity contribution in [2.75, 3.05) is 24.7 Å². The second-order valence-electron chi connectivity index (χ2n) is 2.66. The molecular formula is C9H14O5S2. The third kappa shape index (κ3) is 9.72. The fourth-order valence-electron chi connectivity index (χ4n) is 0.568. The van der Waals surface area contributed by atoms with E-state index in [-0.39, 0.29) is 6.61 Å². The highest BCUT2D eigenvalue weighted by molar-refractivity contribution is 8.76. The Morgan fingerprint density at radius 2 is 1.88 bits per heavy atom. The highest BCUT2D eigenvalue weighted by Crippen LogP contribution is 2.20. The Morgan fingerprint density at radius 1 is 1.31 bits per heavy atom. The first-order chi connectivity index (χ1) is 8.07. The molecule has 0 fully saturated rings.